The highest BCUT2D eigenvalue weighted by Crippen LogP contribution is 2.14. The molecule has 0 saturated carbocycles. The molecule has 0 spiro atoms. The number of ether oxygens (including phenoxy) is 2. The SMILES string of the molecule is COc1ccc(COC(=O)c2cnc3[nH]ncc3c2)cc1. The van der Waals surface area contributed by atoms with Crippen LogP contribution in [-0.4, -0.2) is 28.3 Å². The van der Waals surface area contributed by atoms with Crippen LogP contribution in [0.4, 0.5) is 0 Å². The number of esters is 1. The largest absolute Gasteiger partial charge is 0.497 e. The zero-order valence-corrected chi connectivity index (χ0v) is 11.4. The molecule has 6 heteroatoms. The molecule has 3 rings (SSSR count). The third-order valence-corrected chi connectivity index (χ3v) is 3.06. The molecule has 0 amide bonds. The molecule has 0 radical (unpaired) electrons. The van der Waals surface area contributed by atoms with E-state index >= 15 is 0 Å². The van der Waals surface area contributed by atoms with Gasteiger partial charge < -0.3 is 9.47 Å². The number of H-pyrrole nitrogens is 1. The summed E-state index contributed by atoms with van der Waals surface area (Å²) in [4.78, 5) is 16.1. The van der Waals surface area contributed by atoms with Crippen LogP contribution in [0.5, 0.6) is 5.75 Å². The lowest BCUT2D eigenvalue weighted by Gasteiger charge is -2.06. The van der Waals surface area contributed by atoms with Crippen molar-refractivity contribution in [1.82, 2.24) is 15.2 Å². The Balaban J connectivity index is 1.67. The van der Waals surface area contributed by atoms with Gasteiger partial charge in [0.15, 0.2) is 5.65 Å². The minimum atomic E-state index is -0.415. The van der Waals surface area contributed by atoms with E-state index in [1.807, 2.05) is 24.3 Å². The topological polar surface area (TPSA) is 77.1 Å². The summed E-state index contributed by atoms with van der Waals surface area (Å²) in [5.74, 6) is 0.348. The molecule has 0 aliphatic carbocycles. The normalized spacial score (nSPS) is 10.5. The van der Waals surface area contributed by atoms with Crippen LogP contribution >= 0.6 is 0 Å². The molecule has 0 saturated heterocycles. The molecular weight excluding hydrogens is 270 g/mol. The Morgan fingerprint density at radius 1 is 1.24 bits per heavy atom. The summed E-state index contributed by atoms with van der Waals surface area (Å²) in [6.45, 7) is 0.201. The molecule has 106 valence electrons. The summed E-state index contributed by atoms with van der Waals surface area (Å²) in [6.07, 6.45) is 3.08. The lowest BCUT2D eigenvalue weighted by atomic mass is 10.2. The van der Waals surface area contributed by atoms with E-state index in [4.69, 9.17) is 9.47 Å². The number of carbonyl (C=O) groups excluding carboxylic acids is 1. The van der Waals surface area contributed by atoms with Crippen molar-refractivity contribution < 1.29 is 14.3 Å². The lowest BCUT2D eigenvalue weighted by molar-refractivity contribution is 0.0472. The first-order chi connectivity index (χ1) is 10.3. The van der Waals surface area contributed by atoms with Crippen molar-refractivity contribution in [3.8, 4) is 5.75 Å². The molecule has 0 aliphatic rings. The fourth-order valence-corrected chi connectivity index (χ4v) is 1.90. The summed E-state index contributed by atoms with van der Waals surface area (Å²) in [7, 11) is 1.61. The van der Waals surface area contributed by atoms with Crippen molar-refractivity contribution >= 4 is 17.0 Å². The van der Waals surface area contributed by atoms with Crippen molar-refractivity contribution in [2.45, 2.75) is 6.61 Å². The number of nitrogens with zero attached hydrogens (tertiary/aromatic N) is 2. The molecule has 3 aromatic rings. The van der Waals surface area contributed by atoms with Crippen LogP contribution in [-0.2, 0) is 11.3 Å². The first-order valence-electron chi connectivity index (χ1n) is 6.35. The van der Waals surface area contributed by atoms with E-state index in [1.165, 1.54) is 6.20 Å². The van der Waals surface area contributed by atoms with Crippen LogP contribution in [0.3, 0.4) is 0 Å². The Morgan fingerprint density at radius 2 is 2.05 bits per heavy atom. The van der Waals surface area contributed by atoms with Crippen LogP contribution < -0.4 is 4.74 Å². The zero-order chi connectivity index (χ0) is 14.7. The van der Waals surface area contributed by atoms with Crippen LogP contribution in [0, 0.1) is 0 Å². The van der Waals surface area contributed by atoms with Gasteiger partial charge in [0, 0.05) is 11.6 Å². The summed E-state index contributed by atoms with van der Waals surface area (Å²) in [6, 6.07) is 9.04. The number of rotatable bonds is 4. The van der Waals surface area contributed by atoms with Gasteiger partial charge in [-0.15, -0.1) is 0 Å². The Bertz CT molecular complexity index is 765. The highest BCUT2D eigenvalue weighted by molar-refractivity contribution is 5.92. The van der Waals surface area contributed by atoms with Gasteiger partial charge >= 0.3 is 5.97 Å². The molecule has 1 aromatic carbocycles. The maximum atomic E-state index is 12.0. The van der Waals surface area contributed by atoms with Crippen LogP contribution in [0.15, 0.2) is 42.7 Å². The van der Waals surface area contributed by atoms with Crippen LogP contribution in [0.2, 0.25) is 0 Å². The molecule has 0 unspecified atom stereocenters. The molecule has 21 heavy (non-hydrogen) atoms. The molecule has 1 N–H and O–H groups in total. The van der Waals surface area contributed by atoms with E-state index in [1.54, 1.807) is 19.4 Å². The van der Waals surface area contributed by atoms with Gasteiger partial charge in [0.25, 0.3) is 0 Å². The number of benzene rings is 1. The van der Waals surface area contributed by atoms with Gasteiger partial charge in [0.2, 0.25) is 0 Å². The minimum Gasteiger partial charge on any atom is -0.497 e. The van der Waals surface area contributed by atoms with Crippen LogP contribution in [0.1, 0.15) is 15.9 Å². The fourth-order valence-electron chi connectivity index (χ4n) is 1.90. The van der Waals surface area contributed by atoms with Gasteiger partial charge in [-0.25, -0.2) is 9.78 Å². The van der Waals surface area contributed by atoms with Gasteiger partial charge in [0.1, 0.15) is 12.4 Å². The quantitative estimate of drug-likeness (QED) is 0.743. The second kappa shape index (κ2) is 5.62. The molecule has 0 aliphatic heterocycles. The third kappa shape index (κ3) is 2.84. The molecule has 2 heterocycles. The first-order valence-corrected chi connectivity index (χ1v) is 6.35. The Hall–Kier alpha value is -2.89. The smallest absolute Gasteiger partial charge is 0.340 e. The van der Waals surface area contributed by atoms with Gasteiger partial charge in [-0.3, -0.25) is 5.10 Å². The number of hydrogen-bond donors (Lipinski definition) is 1. The number of aromatic amines is 1. The van der Waals surface area contributed by atoms with Crippen molar-refractivity contribution in [2.24, 2.45) is 0 Å². The minimum absolute atomic E-state index is 0.201. The van der Waals surface area contributed by atoms with Gasteiger partial charge in [-0.05, 0) is 23.8 Å². The van der Waals surface area contributed by atoms with Crippen molar-refractivity contribution in [3.05, 3.63) is 53.9 Å². The number of nitrogens with one attached hydrogen (secondary N) is 1. The number of aromatic nitrogens is 3. The van der Waals surface area contributed by atoms with Crippen LogP contribution in [0.25, 0.3) is 11.0 Å². The number of carbonyl (C=O) groups is 1. The second-order valence-electron chi connectivity index (χ2n) is 4.46. The summed E-state index contributed by atoms with van der Waals surface area (Å²) in [5, 5.41) is 7.36. The average molecular weight is 283 g/mol. The summed E-state index contributed by atoms with van der Waals surface area (Å²) < 4.78 is 10.3. The highest BCUT2D eigenvalue weighted by atomic mass is 16.5. The van der Waals surface area contributed by atoms with Gasteiger partial charge in [-0.1, -0.05) is 12.1 Å². The molecular formula is C15H13N3O3. The molecule has 0 atom stereocenters. The van der Waals surface area contributed by atoms with Crippen molar-refractivity contribution in [3.63, 3.8) is 0 Å². The lowest BCUT2D eigenvalue weighted by Crippen LogP contribution is -2.05. The monoisotopic (exact) mass is 283 g/mol. The van der Waals surface area contributed by atoms with E-state index in [2.05, 4.69) is 15.2 Å². The van der Waals surface area contributed by atoms with Gasteiger partial charge in [-0.2, -0.15) is 5.10 Å². The van der Waals surface area contributed by atoms with Gasteiger partial charge in [0.05, 0.1) is 18.9 Å². The Labute approximate surface area is 120 Å². The number of pyridine rings is 1. The molecule has 2 aromatic heterocycles. The van der Waals surface area contributed by atoms with E-state index in [-0.39, 0.29) is 6.61 Å². The van der Waals surface area contributed by atoms with Crippen molar-refractivity contribution in [1.29, 1.82) is 0 Å². The zero-order valence-electron chi connectivity index (χ0n) is 11.4. The highest BCUT2D eigenvalue weighted by Gasteiger charge is 2.10. The Morgan fingerprint density at radius 3 is 2.81 bits per heavy atom. The average Bonchev–Trinajstić information content (AvgIpc) is 3.00. The van der Waals surface area contributed by atoms with Crippen molar-refractivity contribution in [2.75, 3.05) is 7.11 Å². The molecule has 6 nitrogen and oxygen atoms in total. The second-order valence-corrected chi connectivity index (χ2v) is 4.46. The van der Waals surface area contributed by atoms with E-state index in [0.29, 0.717) is 11.2 Å². The molecule has 0 bridgehead atoms. The summed E-state index contributed by atoms with van der Waals surface area (Å²) >= 11 is 0. The standard InChI is InChI=1S/C15H13N3O3/c1-20-13-4-2-10(3-5-13)9-21-15(19)12-6-11-8-17-18-14(11)16-7-12/h2-8H,9H2,1H3,(H,16,17,18). The van der Waals surface area contributed by atoms with E-state index in [9.17, 15) is 4.79 Å². The van der Waals surface area contributed by atoms with E-state index < -0.39 is 5.97 Å². The third-order valence-electron chi connectivity index (χ3n) is 3.06. The van der Waals surface area contributed by atoms with E-state index in [0.717, 1.165) is 16.7 Å². The number of methoxy groups -OCH3 is 1. The maximum Gasteiger partial charge on any atom is 0.340 e. The number of fused-ring (bicyclic) bond motifs is 1. The maximum absolute atomic E-state index is 12.0. The Kier molecular flexibility index (Phi) is 3.51. The summed E-state index contributed by atoms with van der Waals surface area (Å²) in [5.41, 5.74) is 1.93. The number of hydrogen-bond acceptors (Lipinski definition) is 5. The fraction of sp³-hybridized carbons (Fsp3) is 0.133. The predicted molar refractivity (Wildman–Crippen MR) is 76.0 cm³/mol. The molecule has 0 fully saturated rings. The predicted octanol–water partition coefficient (Wildman–Crippen LogP) is 2.32. The first kappa shape index (κ1) is 13.1.